The van der Waals surface area contributed by atoms with Crippen LogP contribution in [-0.2, 0) is 17.8 Å². The number of rotatable bonds is 10. The van der Waals surface area contributed by atoms with Gasteiger partial charge < -0.3 is 14.8 Å². The molecule has 0 atom stereocenters. The highest BCUT2D eigenvalue weighted by molar-refractivity contribution is 7.13. The van der Waals surface area contributed by atoms with Gasteiger partial charge in [0.1, 0.15) is 5.82 Å². The van der Waals surface area contributed by atoms with Crippen molar-refractivity contribution < 1.29 is 23.0 Å². The number of nitrogens with one attached hydrogen (secondary N) is 1. The van der Waals surface area contributed by atoms with Crippen molar-refractivity contribution in [1.29, 1.82) is 0 Å². The molecule has 0 bridgehead atoms. The second-order valence-electron chi connectivity index (χ2n) is 9.56. The Morgan fingerprint density at radius 1 is 1.23 bits per heavy atom. The lowest BCUT2D eigenvalue weighted by Gasteiger charge is -2.32. The number of carbonyl (C=O) groups excluding carboxylic acids is 1. The molecule has 0 aromatic carbocycles. The lowest BCUT2D eigenvalue weighted by molar-refractivity contribution is -0.124. The van der Waals surface area contributed by atoms with Crippen LogP contribution in [-0.4, -0.2) is 64.0 Å². The zero-order valence-electron chi connectivity index (χ0n) is 20.3. The molecule has 1 amide bonds. The maximum Gasteiger partial charge on any atom is 0.278 e. The number of halogens is 2. The number of ether oxygens (including phenoxy) is 2. The van der Waals surface area contributed by atoms with Gasteiger partial charge in [0, 0.05) is 30.9 Å². The summed E-state index contributed by atoms with van der Waals surface area (Å²) in [7, 11) is 0. The third kappa shape index (κ3) is 8.06. The first-order valence-corrected chi connectivity index (χ1v) is 13.0. The fourth-order valence-electron chi connectivity index (χ4n) is 4.50. The lowest BCUT2D eigenvalue weighted by Crippen LogP contribution is -2.40. The van der Waals surface area contributed by atoms with E-state index in [9.17, 15) is 13.6 Å². The number of carbonyl (C=O) groups is 1. The Labute approximate surface area is 208 Å². The van der Waals surface area contributed by atoms with E-state index in [2.05, 4.69) is 25.2 Å². The molecule has 4 rings (SSSR count). The number of hydrogen-bond acceptors (Lipinski definition) is 8. The highest BCUT2D eigenvalue weighted by Crippen LogP contribution is 2.32. The van der Waals surface area contributed by atoms with E-state index in [4.69, 9.17) is 9.47 Å². The summed E-state index contributed by atoms with van der Waals surface area (Å²) in [6, 6.07) is 0.193. The van der Waals surface area contributed by atoms with Crippen LogP contribution in [0.4, 0.5) is 8.78 Å². The van der Waals surface area contributed by atoms with Gasteiger partial charge in [-0.3, -0.25) is 9.69 Å². The monoisotopic (exact) mass is 509 g/mol. The van der Waals surface area contributed by atoms with Crippen LogP contribution >= 0.6 is 11.3 Å². The molecule has 192 valence electrons. The molecule has 0 unspecified atom stereocenters. The van der Waals surface area contributed by atoms with Gasteiger partial charge in [-0.15, -0.1) is 0 Å². The minimum Gasteiger partial charge on any atom is -0.481 e. The number of nitrogens with zero attached hydrogens (tertiary/aromatic N) is 4. The van der Waals surface area contributed by atoms with Gasteiger partial charge in [0.2, 0.25) is 0 Å². The van der Waals surface area contributed by atoms with Crippen molar-refractivity contribution in [2.75, 3.05) is 26.3 Å². The van der Waals surface area contributed by atoms with Crippen molar-refractivity contribution in [2.45, 2.75) is 70.9 Å². The second-order valence-corrected chi connectivity index (χ2v) is 10.6. The van der Waals surface area contributed by atoms with Crippen LogP contribution in [0.2, 0.25) is 0 Å². The van der Waals surface area contributed by atoms with Crippen molar-refractivity contribution in [3.8, 4) is 10.9 Å². The molecular formula is C24H33F2N5O3S. The summed E-state index contributed by atoms with van der Waals surface area (Å²) in [6.45, 7) is 4.66. The number of thiazole rings is 1. The molecule has 1 aliphatic heterocycles. The number of aryl methyl sites for hydroxylation is 1. The predicted molar refractivity (Wildman–Crippen MR) is 128 cm³/mol. The molecule has 1 fully saturated rings. The Morgan fingerprint density at radius 3 is 2.69 bits per heavy atom. The largest absolute Gasteiger partial charge is 0.481 e. The van der Waals surface area contributed by atoms with Crippen LogP contribution in [0.1, 0.15) is 55.4 Å². The van der Waals surface area contributed by atoms with Crippen molar-refractivity contribution in [2.24, 2.45) is 5.92 Å². The number of fused-ring (bicyclic) bond motifs is 1. The van der Waals surface area contributed by atoms with E-state index in [1.807, 2.05) is 0 Å². The number of alkyl halides is 2. The van der Waals surface area contributed by atoms with E-state index in [0.717, 1.165) is 75.7 Å². The third-order valence-electron chi connectivity index (χ3n) is 6.43. The summed E-state index contributed by atoms with van der Waals surface area (Å²) < 4.78 is 36.7. The highest BCUT2D eigenvalue weighted by atomic mass is 32.1. The molecule has 1 saturated carbocycles. The maximum absolute atomic E-state index is 13.0. The summed E-state index contributed by atoms with van der Waals surface area (Å²) in [4.78, 5) is 28.3. The molecule has 11 heteroatoms. The zero-order valence-corrected chi connectivity index (χ0v) is 21.1. The minimum absolute atomic E-state index is 0.0342. The summed E-state index contributed by atoms with van der Waals surface area (Å²) in [5.41, 5.74) is 0.960. The Bertz CT molecular complexity index is 975. The number of aromatic nitrogens is 3. The van der Waals surface area contributed by atoms with Gasteiger partial charge in [-0.1, -0.05) is 11.3 Å². The fourth-order valence-corrected chi connectivity index (χ4v) is 5.41. The average molecular weight is 510 g/mol. The average Bonchev–Trinajstić information content (AvgIpc) is 3.24. The van der Waals surface area contributed by atoms with Gasteiger partial charge in [-0.25, -0.2) is 23.7 Å². The topological polar surface area (TPSA) is 89.5 Å². The standard InChI is InChI=1S/C24H33F2N5O3S/c1-16-27-11-19(12-28-16)33-14-22(32)29-18-5-3-17(4-6-18)7-9-31-10-8-21-20(13-31)30-23(35-21)34-15-24(2,25)26/h11-12,17-18H,3-10,13-15H2,1-2H3,(H,29,32)/t17-,18-. The van der Waals surface area contributed by atoms with E-state index in [1.54, 1.807) is 19.3 Å². The van der Waals surface area contributed by atoms with Crippen molar-refractivity contribution in [3.05, 3.63) is 28.8 Å². The molecule has 1 aliphatic carbocycles. The van der Waals surface area contributed by atoms with Crippen LogP contribution in [0, 0.1) is 12.8 Å². The summed E-state index contributed by atoms with van der Waals surface area (Å²) >= 11 is 1.39. The summed E-state index contributed by atoms with van der Waals surface area (Å²) in [6.07, 6.45) is 9.27. The zero-order chi connectivity index (χ0) is 24.8. The third-order valence-corrected chi connectivity index (χ3v) is 7.50. The van der Waals surface area contributed by atoms with E-state index < -0.39 is 12.5 Å². The molecule has 35 heavy (non-hydrogen) atoms. The molecule has 3 heterocycles. The first-order chi connectivity index (χ1) is 16.7. The molecular weight excluding hydrogens is 476 g/mol. The molecule has 0 radical (unpaired) electrons. The van der Waals surface area contributed by atoms with Crippen LogP contribution in [0.3, 0.4) is 0 Å². The van der Waals surface area contributed by atoms with Gasteiger partial charge in [-0.2, -0.15) is 0 Å². The Hall–Kier alpha value is -2.40. The highest BCUT2D eigenvalue weighted by Gasteiger charge is 2.27. The molecule has 2 aromatic heterocycles. The van der Waals surface area contributed by atoms with Gasteiger partial charge in [0.05, 0.1) is 18.1 Å². The van der Waals surface area contributed by atoms with Crippen LogP contribution in [0.5, 0.6) is 10.9 Å². The fraction of sp³-hybridized carbons (Fsp3) is 0.667. The first kappa shape index (κ1) is 25.7. The van der Waals surface area contributed by atoms with Gasteiger partial charge in [0.25, 0.3) is 17.0 Å². The van der Waals surface area contributed by atoms with E-state index in [-0.39, 0.29) is 18.6 Å². The Morgan fingerprint density at radius 2 is 1.97 bits per heavy atom. The Balaban J connectivity index is 1.12. The van der Waals surface area contributed by atoms with E-state index >= 15 is 0 Å². The van der Waals surface area contributed by atoms with Gasteiger partial charge >= 0.3 is 0 Å². The van der Waals surface area contributed by atoms with Crippen molar-refractivity contribution in [1.82, 2.24) is 25.2 Å². The summed E-state index contributed by atoms with van der Waals surface area (Å²) in [5.74, 6) is -1.18. The first-order valence-electron chi connectivity index (χ1n) is 12.2. The molecule has 2 aromatic rings. The van der Waals surface area contributed by atoms with Crippen LogP contribution in [0.15, 0.2) is 12.4 Å². The van der Waals surface area contributed by atoms with E-state index in [0.29, 0.717) is 22.7 Å². The van der Waals surface area contributed by atoms with Crippen molar-refractivity contribution >= 4 is 17.2 Å². The smallest absolute Gasteiger partial charge is 0.278 e. The second kappa shape index (κ2) is 11.6. The number of amides is 1. The van der Waals surface area contributed by atoms with Gasteiger partial charge in [0.15, 0.2) is 19.0 Å². The Kier molecular flexibility index (Phi) is 8.48. The predicted octanol–water partition coefficient (Wildman–Crippen LogP) is 3.78. The molecule has 8 nitrogen and oxygen atoms in total. The van der Waals surface area contributed by atoms with Crippen LogP contribution < -0.4 is 14.8 Å². The minimum atomic E-state index is -2.86. The van der Waals surface area contributed by atoms with Gasteiger partial charge in [-0.05, 0) is 57.9 Å². The quantitative estimate of drug-likeness (QED) is 0.521. The molecule has 0 saturated heterocycles. The normalized spacial score (nSPS) is 20.8. The number of hydrogen-bond donors (Lipinski definition) is 1. The molecule has 1 N–H and O–H groups in total. The molecule has 0 spiro atoms. The maximum atomic E-state index is 13.0. The van der Waals surface area contributed by atoms with E-state index in [1.165, 1.54) is 11.3 Å². The SMILES string of the molecule is Cc1ncc(OCC(=O)N[C@H]2CC[C@H](CCN3CCc4sc(OCC(C)(F)F)nc4C3)CC2)cn1. The van der Waals surface area contributed by atoms with Crippen LogP contribution in [0.25, 0.3) is 0 Å². The van der Waals surface area contributed by atoms with Crippen molar-refractivity contribution in [3.63, 3.8) is 0 Å². The molecule has 2 aliphatic rings. The lowest BCUT2D eigenvalue weighted by atomic mass is 9.84. The summed E-state index contributed by atoms with van der Waals surface area (Å²) in [5, 5.41) is 3.42.